The molecular formula is C18H25NS. The monoisotopic (exact) mass is 287 g/mol. The zero-order valence-corrected chi connectivity index (χ0v) is 14.2. The molecule has 2 aromatic rings. The molecule has 2 heteroatoms. The van der Waals surface area contributed by atoms with E-state index in [9.17, 15) is 0 Å². The number of thiazole rings is 1. The molecule has 0 amide bonds. The van der Waals surface area contributed by atoms with Crippen LogP contribution in [0.2, 0.25) is 0 Å². The summed E-state index contributed by atoms with van der Waals surface area (Å²) in [5.41, 5.74) is 8.74. The molecule has 0 spiro atoms. The lowest BCUT2D eigenvalue weighted by Gasteiger charge is -2.22. The molecule has 20 heavy (non-hydrogen) atoms. The van der Waals surface area contributed by atoms with Crippen molar-refractivity contribution in [2.24, 2.45) is 0 Å². The van der Waals surface area contributed by atoms with Crippen LogP contribution in [-0.4, -0.2) is 4.98 Å². The largest absolute Gasteiger partial charge is 0.245 e. The molecule has 1 aromatic heterocycles. The van der Waals surface area contributed by atoms with Crippen LogP contribution in [0.4, 0.5) is 0 Å². The lowest BCUT2D eigenvalue weighted by atomic mass is 9.83. The minimum absolute atomic E-state index is 0.517. The minimum Gasteiger partial charge on any atom is -0.245 e. The highest BCUT2D eigenvalue weighted by Crippen LogP contribution is 2.38. The van der Waals surface area contributed by atoms with E-state index in [0.29, 0.717) is 17.8 Å². The maximum atomic E-state index is 4.57. The first-order valence-electron chi connectivity index (χ1n) is 7.48. The molecule has 0 fully saturated rings. The second kappa shape index (κ2) is 6.09. The first kappa shape index (κ1) is 15.2. The Morgan fingerprint density at radius 1 is 0.850 bits per heavy atom. The first-order chi connectivity index (χ1) is 9.41. The standard InChI is InChI=1S/C18H25NS/c1-11(2)14-7-15(12(3)4)18(16(8-14)13(5)6)17-9-20-10-19-17/h7-13H,1-6H3. The van der Waals surface area contributed by atoms with Gasteiger partial charge in [-0.3, -0.25) is 0 Å². The molecular weight excluding hydrogens is 262 g/mol. The average Bonchev–Trinajstić information content (AvgIpc) is 2.90. The van der Waals surface area contributed by atoms with Crippen molar-refractivity contribution in [1.29, 1.82) is 0 Å². The van der Waals surface area contributed by atoms with E-state index in [2.05, 4.69) is 64.0 Å². The van der Waals surface area contributed by atoms with Crippen molar-refractivity contribution in [3.63, 3.8) is 0 Å². The van der Waals surface area contributed by atoms with Crippen molar-refractivity contribution in [3.8, 4) is 11.3 Å². The zero-order chi connectivity index (χ0) is 14.9. The van der Waals surface area contributed by atoms with Crippen LogP contribution >= 0.6 is 11.3 Å². The van der Waals surface area contributed by atoms with Gasteiger partial charge in [-0.05, 0) is 34.4 Å². The van der Waals surface area contributed by atoms with Crippen LogP contribution in [0.1, 0.15) is 76.0 Å². The van der Waals surface area contributed by atoms with Gasteiger partial charge >= 0.3 is 0 Å². The Labute approximate surface area is 127 Å². The number of rotatable bonds is 4. The molecule has 2 rings (SSSR count). The molecule has 108 valence electrons. The zero-order valence-electron chi connectivity index (χ0n) is 13.4. The molecule has 0 aliphatic carbocycles. The molecule has 0 aliphatic rings. The number of nitrogens with zero attached hydrogens (tertiary/aromatic N) is 1. The van der Waals surface area contributed by atoms with Crippen molar-refractivity contribution in [2.45, 2.75) is 59.3 Å². The Kier molecular flexibility index (Phi) is 4.64. The van der Waals surface area contributed by atoms with E-state index in [1.165, 1.54) is 22.3 Å². The van der Waals surface area contributed by atoms with Gasteiger partial charge in [0.25, 0.3) is 0 Å². The molecule has 0 atom stereocenters. The van der Waals surface area contributed by atoms with Gasteiger partial charge in [0, 0.05) is 10.9 Å². The van der Waals surface area contributed by atoms with Crippen molar-refractivity contribution in [1.82, 2.24) is 4.98 Å². The van der Waals surface area contributed by atoms with Gasteiger partial charge in [-0.2, -0.15) is 0 Å². The van der Waals surface area contributed by atoms with Crippen LogP contribution < -0.4 is 0 Å². The van der Waals surface area contributed by atoms with E-state index in [1.54, 1.807) is 11.3 Å². The number of hydrogen-bond donors (Lipinski definition) is 0. The summed E-state index contributed by atoms with van der Waals surface area (Å²) in [6.07, 6.45) is 0. The maximum absolute atomic E-state index is 4.57. The predicted octanol–water partition coefficient (Wildman–Crippen LogP) is 6.18. The Morgan fingerprint density at radius 3 is 1.75 bits per heavy atom. The normalized spacial score (nSPS) is 11.8. The summed E-state index contributed by atoms with van der Waals surface area (Å²) in [7, 11) is 0. The molecule has 0 bridgehead atoms. The van der Waals surface area contributed by atoms with Crippen LogP contribution in [0.15, 0.2) is 23.0 Å². The molecule has 0 N–H and O–H groups in total. The lowest BCUT2D eigenvalue weighted by molar-refractivity contribution is 0.806. The summed E-state index contributed by atoms with van der Waals surface area (Å²) in [6, 6.07) is 4.77. The molecule has 1 heterocycles. The van der Waals surface area contributed by atoms with E-state index in [0.717, 1.165) is 5.69 Å². The molecule has 0 saturated heterocycles. The minimum atomic E-state index is 0.517. The SMILES string of the molecule is CC(C)c1cc(C(C)C)c(-c2cscn2)c(C(C)C)c1. The van der Waals surface area contributed by atoms with Crippen LogP contribution in [0.3, 0.4) is 0 Å². The van der Waals surface area contributed by atoms with E-state index < -0.39 is 0 Å². The molecule has 0 radical (unpaired) electrons. The van der Waals surface area contributed by atoms with Gasteiger partial charge < -0.3 is 0 Å². The van der Waals surface area contributed by atoms with Gasteiger partial charge in [0.05, 0.1) is 11.2 Å². The second-order valence-electron chi connectivity index (χ2n) is 6.41. The van der Waals surface area contributed by atoms with Crippen LogP contribution in [0.5, 0.6) is 0 Å². The van der Waals surface area contributed by atoms with Crippen LogP contribution in [-0.2, 0) is 0 Å². The fourth-order valence-corrected chi connectivity index (χ4v) is 3.13. The summed E-state index contributed by atoms with van der Waals surface area (Å²) in [6.45, 7) is 13.6. The second-order valence-corrected chi connectivity index (χ2v) is 7.13. The lowest BCUT2D eigenvalue weighted by Crippen LogP contribution is -2.03. The van der Waals surface area contributed by atoms with Gasteiger partial charge in [0.1, 0.15) is 0 Å². The van der Waals surface area contributed by atoms with Gasteiger partial charge in [0.2, 0.25) is 0 Å². The third-order valence-corrected chi connectivity index (χ3v) is 4.41. The van der Waals surface area contributed by atoms with Crippen molar-refractivity contribution >= 4 is 11.3 Å². The first-order valence-corrected chi connectivity index (χ1v) is 8.42. The highest BCUT2D eigenvalue weighted by atomic mass is 32.1. The fraction of sp³-hybridized carbons (Fsp3) is 0.500. The van der Waals surface area contributed by atoms with Gasteiger partial charge in [0.15, 0.2) is 0 Å². The molecule has 0 aliphatic heterocycles. The van der Waals surface area contributed by atoms with E-state index in [-0.39, 0.29) is 0 Å². The van der Waals surface area contributed by atoms with E-state index in [4.69, 9.17) is 0 Å². The summed E-state index contributed by atoms with van der Waals surface area (Å²) >= 11 is 1.67. The van der Waals surface area contributed by atoms with Crippen LogP contribution in [0, 0.1) is 0 Å². The highest BCUT2D eigenvalue weighted by Gasteiger charge is 2.19. The van der Waals surface area contributed by atoms with Gasteiger partial charge in [-0.1, -0.05) is 53.7 Å². The summed E-state index contributed by atoms with van der Waals surface area (Å²) in [4.78, 5) is 4.57. The Hall–Kier alpha value is -1.15. The third-order valence-electron chi connectivity index (χ3n) is 3.82. The van der Waals surface area contributed by atoms with Crippen molar-refractivity contribution in [2.75, 3.05) is 0 Å². The molecule has 0 unspecified atom stereocenters. The smallest absolute Gasteiger partial charge is 0.0816 e. The molecule has 0 saturated carbocycles. The topological polar surface area (TPSA) is 12.9 Å². The summed E-state index contributed by atoms with van der Waals surface area (Å²) < 4.78 is 0. The average molecular weight is 287 g/mol. The number of hydrogen-bond acceptors (Lipinski definition) is 2. The van der Waals surface area contributed by atoms with Crippen molar-refractivity contribution < 1.29 is 0 Å². The fourth-order valence-electron chi connectivity index (χ4n) is 2.59. The molecule has 1 nitrogen and oxygen atoms in total. The maximum Gasteiger partial charge on any atom is 0.0816 e. The van der Waals surface area contributed by atoms with Gasteiger partial charge in [-0.25, -0.2) is 4.98 Å². The quantitative estimate of drug-likeness (QED) is 0.654. The predicted molar refractivity (Wildman–Crippen MR) is 89.8 cm³/mol. The Morgan fingerprint density at radius 2 is 1.40 bits per heavy atom. The summed E-state index contributed by atoms with van der Waals surface area (Å²) in [5, 5.41) is 2.17. The van der Waals surface area contributed by atoms with E-state index >= 15 is 0 Å². The third kappa shape index (κ3) is 2.95. The molecule has 1 aromatic carbocycles. The number of benzene rings is 1. The van der Waals surface area contributed by atoms with Gasteiger partial charge in [-0.15, -0.1) is 11.3 Å². The van der Waals surface area contributed by atoms with Crippen molar-refractivity contribution in [3.05, 3.63) is 39.7 Å². The highest BCUT2D eigenvalue weighted by molar-refractivity contribution is 7.07. The number of aromatic nitrogens is 1. The summed E-state index contributed by atoms with van der Waals surface area (Å²) in [5.74, 6) is 1.60. The Balaban J connectivity index is 2.75. The van der Waals surface area contributed by atoms with Crippen LogP contribution in [0.25, 0.3) is 11.3 Å². The Bertz CT molecular complexity index is 536. The van der Waals surface area contributed by atoms with E-state index in [1.807, 2.05) is 5.51 Å².